The molecular formula is C51H31N3O. The number of nitrogens with zero attached hydrogens (tertiary/aromatic N) is 3. The molecule has 0 N–H and O–H groups in total. The maximum Gasteiger partial charge on any atom is 0.167 e. The summed E-state index contributed by atoms with van der Waals surface area (Å²) in [6.07, 6.45) is 0. The molecule has 11 aromatic rings. The Morgan fingerprint density at radius 1 is 0.309 bits per heavy atom. The number of para-hydroxylation sites is 2. The fourth-order valence-corrected chi connectivity index (χ4v) is 8.14. The fraction of sp³-hybridized carbons (Fsp3) is 0. The Hall–Kier alpha value is -7.43. The van der Waals surface area contributed by atoms with E-state index in [2.05, 4.69) is 170 Å². The second kappa shape index (κ2) is 12.6. The average Bonchev–Trinajstić information content (AvgIpc) is 3.64. The van der Waals surface area contributed by atoms with E-state index in [-0.39, 0.29) is 0 Å². The second-order valence-electron chi connectivity index (χ2n) is 13.9. The lowest BCUT2D eigenvalue weighted by Crippen LogP contribution is -2.03. The number of aromatic nitrogens is 3. The Morgan fingerprint density at radius 3 is 1.71 bits per heavy atom. The van der Waals surface area contributed by atoms with Crippen LogP contribution in [0, 0.1) is 0 Å². The van der Waals surface area contributed by atoms with E-state index < -0.39 is 0 Å². The third-order valence-electron chi connectivity index (χ3n) is 10.7. The van der Waals surface area contributed by atoms with E-state index in [9.17, 15) is 0 Å². The van der Waals surface area contributed by atoms with Gasteiger partial charge in [0.1, 0.15) is 11.2 Å². The molecule has 0 aliphatic rings. The maximum atomic E-state index is 6.57. The Morgan fingerprint density at radius 2 is 0.855 bits per heavy atom. The molecule has 0 saturated heterocycles. The number of hydrogen-bond acceptors (Lipinski definition) is 4. The van der Waals surface area contributed by atoms with E-state index in [1.807, 2.05) is 18.2 Å². The Balaban J connectivity index is 1.23. The van der Waals surface area contributed by atoms with E-state index in [1.165, 1.54) is 21.5 Å². The largest absolute Gasteiger partial charge is 0.455 e. The quantitative estimate of drug-likeness (QED) is 0.179. The fourth-order valence-electron chi connectivity index (χ4n) is 8.14. The van der Waals surface area contributed by atoms with Crippen LogP contribution in [0.15, 0.2) is 192 Å². The van der Waals surface area contributed by atoms with Crippen molar-refractivity contribution in [1.82, 2.24) is 15.0 Å². The van der Waals surface area contributed by atoms with E-state index in [1.54, 1.807) is 0 Å². The summed E-state index contributed by atoms with van der Waals surface area (Å²) in [7, 11) is 0. The van der Waals surface area contributed by atoms with Crippen molar-refractivity contribution in [3.05, 3.63) is 188 Å². The van der Waals surface area contributed by atoms with Crippen molar-refractivity contribution >= 4 is 54.3 Å². The summed E-state index contributed by atoms with van der Waals surface area (Å²) in [5.41, 5.74) is 8.60. The van der Waals surface area contributed by atoms with E-state index >= 15 is 0 Å². The third-order valence-corrected chi connectivity index (χ3v) is 10.7. The molecule has 0 aliphatic heterocycles. The lowest BCUT2D eigenvalue weighted by atomic mass is 9.92. The molecular weight excluding hydrogens is 671 g/mol. The minimum atomic E-state index is 0.551. The van der Waals surface area contributed by atoms with Crippen LogP contribution in [0.4, 0.5) is 0 Å². The Labute approximate surface area is 317 Å². The number of benzene rings is 9. The zero-order valence-electron chi connectivity index (χ0n) is 29.6. The molecule has 0 atom stereocenters. The molecule has 0 amide bonds. The van der Waals surface area contributed by atoms with Crippen LogP contribution in [-0.4, -0.2) is 15.0 Å². The van der Waals surface area contributed by atoms with E-state index in [0.717, 1.165) is 71.7 Å². The highest BCUT2D eigenvalue weighted by molar-refractivity contribution is 6.10. The Bertz CT molecular complexity index is 3280. The molecule has 0 bridgehead atoms. The van der Waals surface area contributed by atoms with Crippen molar-refractivity contribution in [2.24, 2.45) is 0 Å². The van der Waals surface area contributed by atoms with Gasteiger partial charge in [-0.3, -0.25) is 0 Å². The summed E-state index contributed by atoms with van der Waals surface area (Å²) >= 11 is 0. The highest BCUT2D eigenvalue weighted by Crippen LogP contribution is 2.42. The highest BCUT2D eigenvalue weighted by atomic mass is 16.3. The summed E-state index contributed by atoms with van der Waals surface area (Å²) in [6, 6.07) is 65.8. The zero-order chi connectivity index (χ0) is 36.3. The molecule has 256 valence electrons. The normalized spacial score (nSPS) is 11.6. The van der Waals surface area contributed by atoms with Gasteiger partial charge in [0.15, 0.2) is 17.5 Å². The molecule has 9 aromatic carbocycles. The Kier molecular flexibility index (Phi) is 7.14. The molecule has 11 rings (SSSR count). The molecule has 4 nitrogen and oxygen atoms in total. The SMILES string of the molecule is c1ccc(-c2cccc3ccccc23)c(-c2nc(-c3c(-c4ccc5ccccc5c4)ccc4ccccc34)nc(-c3cccc4c3oc3ccccc34)n2)c1. The van der Waals surface area contributed by atoms with Crippen molar-refractivity contribution < 1.29 is 4.42 Å². The molecule has 2 aromatic heterocycles. The predicted octanol–water partition coefficient (Wildman–Crippen LogP) is 13.6. The van der Waals surface area contributed by atoms with Gasteiger partial charge in [0.25, 0.3) is 0 Å². The van der Waals surface area contributed by atoms with Gasteiger partial charge in [-0.2, -0.15) is 0 Å². The minimum absolute atomic E-state index is 0.551. The van der Waals surface area contributed by atoms with Crippen LogP contribution in [0.3, 0.4) is 0 Å². The van der Waals surface area contributed by atoms with Gasteiger partial charge in [-0.15, -0.1) is 0 Å². The van der Waals surface area contributed by atoms with Crippen molar-refractivity contribution in [3.63, 3.8) is 0 Å². The highest BCUT2D eigenvalue weighted by Gasteiger charge is 2.22. The molecule has 0 saturated carbocycles. The van der Waals surface area contributed by atoms with Crippen LogP contribution < -0.4 is 0 Å². The first kappa shape index (κ1) is 31.1. The molecule has 2 heterocycles. The number of rotatable bonds is 5. The second-order valence-corrected chi connectivity index (χ2v) is 13.9. The van der Waals surface area contributed by atoms with E-state index in [0.29, 0.717) is 17.5 Å². The molecule has 4 heteroatoms. The standard InChI is InChI=1S/C51H31N3O/c1-2-16-35-31-36(28-27-32(35)13-1)39-30-29-34-15-4-6-19-38(34)47(39)51-53-49(44-22-8-7-20-41(44)40-23-11-17-33-14-3-5-18-37(33)40)52-50(54-51)45-25-12-24-43-42-21-9-10-26-46(42)55-48(43)45/h1-31H. The summed E-state index contributed by atoms with van der Waals surface area (Å²) in [4.78, 5) is 16.1. The third kappa shape index (κ3) is 5.19. The zero-order valence-corrected chi connectivity index (χ0v) is 29.6. The molecule has 0 unspecified atom stereocenters. The molecule has 0 aliphatic carbocycles. The maximum absolute atomic E-state index is 6.57. The van der Waals surface area contributed by atoms with Crippen molar-refractivity contribution in [2.45, 2.75) is 0 Å². The number of hydrogen-bond donors (Lipinski definition) is 0. The van der Waals surface area contributed by atoms with Gasteiger partial charge in [0, 0.05) is 21.9 Å². The van der Waals surface area contributed by atoms with Crippen molar-refractivity contribution in [2.75, 3.05) is 0 Å². The van der Waals surface area contributed by atoms with Gasteiger partial charge in [0.05, 0.1) is 5.56 Å². The van der Waals surface area contributed by atoms with Crippen LogP contribution >= 0.6 is 0 Å². The first-order chi connectivity index (χ1) is 27.3. The van der Waals surface area contributed by atoms with Gasteiger partial charge in [-0.1, -0.05) is 170 Å². The minimum Gasteiger partial charge on any atom is -0.455 e. The monoisotopic (exact) mass is 701 g/mol. The van der Waals surface area contributed by atoms with Gasteiger partial charge < -0.3 is 4.42 Å². The van der Waals surface area contributed by atoms with Crippen molar-refractivity contribution in [1.29, 1.82) is 0 Å². The summed E-state index contributed by atoms with van der Waals surface area (Å²) < 4.78 is 6.57. The lowest BCUT2D eigenvalue weighted by molar-refractivity contribution is 0.669. The molecule has 0 fully saturated rings. The van der Waals surface area contributed by atoms with E-state index in [4.69, 9.17) is 19.4 Å². The molecule has 55 heavy (non-hydrogen) atoms. The smallest absolute Gasteiger partial charge is 0.167 e. The van der Waals surface area contributed by atoms with Crippen LogP contribution in [0.1, 0.15) is 0 Å². The topological polar surface area (TPSA) is 51.8 Å². The van der Waals surface area contributed by atoms with Gasteiger partial charge >= 0.3 is 0 Å². The predicted molar refractivity (Wildman–Crippen MR) is 227 cm³/mol. The molecule has 0 radical (unpaired) electrons. The van der Waals surface area contributed by atoms with Crippen LogP contribution in [0.5, 0.6) is 0 Å². The van der Waals surface area contributed by atoms with Crippen LogP contribution in [0.25, 0.3) is 111 Å². The van der Waals surface area contributed by atoms with Gasteiger partial charge in [-0.25, -0.2) is 15.0 Å². The average molecular weight is 702 g/mol. The number of fused-ring (bicyclic) bond motifs is 6. The summed E-state index contributed by atoms with van der Waals surface area (Å²) in [5, 5.41) is 8.99. The lowest BCUT2D eigenvalue weighted by Gasteiger charge is -2.16. The summed E-state index contributed by atoms with van der Waals surface area (Å²) in [6.45, 7) is 0. The molecule has 0 spiro atoms. The first-order valence-electron chi connectivity index (χ1n) is 18.5. The number of furan rings is 1. The van der Waals surface area contributed by atoms with Crippen LogP contribution in [-0.2, 0) is 0 Å². The van der Waals surface area contributed by atoms with Crippen LogP contribution in [0.2, 0.25) is 0 Å². The van der Waals surface area contributed by atoms with Crippen molar-refractivity contribution in [3.8, 4) is 56.4 Å². The summed E-state index contributed by atoms with van der Waals surface area (Å²) in [5.74, 6) is 1.74. The van der Waals surface area contributed by atoms with Gasteiger partial charge in [-0.05, 0) is 72.8 Å². The first-order valence-corrected chi connectivity index (χ1v) is 18.5. The van der Waals surface area contributed by atoms with Gasteiger partial charge in [0.2, 0.25) is 0 Å².